The number of anilines is 2. The molecule has 0 bridgehead atoms. The first-order valence-corrected chi connectivity index (χ1v) is 33.0. The summed E-state index contributed by atoms with van der Waals surface area (Å²) in [4.78, 5) is 153. The molecule has 34 heteroatoms. The van der Waals surface area contributed by atoms with Crippen molar-refractivity contribution in [3.8, 4) is 23.0 Å². The van der Waals surface area contributed by atoms with Crippen molar-refractivity contribution in [2.24, 2.45) is 11.7 Å². The smallest absolute Gasteiger partial charge is 0.415 e. The van der Waals surface area contributed by atoms with Crippen LogP contribution in [0, 0.1) is 5.92 Å². The lowest BCUT2D eigenvalue weighted by Gasteiger charge is -2.25. The van der Waals surface area contributed by atoms with Gasteiger partial charge in [0.2, 0.25) is 29.4 Å². The number of amides is 11. The molecule has 0 spiro atoms. The molecule has 0 saturated heterocycles. The number of hydrogen-bond donors (Lipinski definition) is 8. The molecule has 3 aromatic carbocycles. The summed E-state index contributed by atoms with van der Waals surface area (Å²) in [5.41, 5.74) is 8.15. The minimum atomic E-state index is -1.12. The number of alkyl halides is 1. The molecule has 11 amide bonds. The highest BCUT2D eigenvalue weighted by atomic mass is 35.5. The van der Waals surface area contributed by atoms with E-state index in [9.17, 15) is 52.7 Å². The Bertz CT molecular complexity index is 3790. The SMILES string of the molecule is COC(=O)c1cc2c3c(cc(OC(=O)N(C)CCN(C)C(=O)OCc4ccc(NC(=O)[C@H](CCCNC(N)=O)NC(=O)[C@@H](NC(=O)CCOCCOCCOCCOCCNC(=O)CCN5C(=O)C=CC5=O)C(C)C)cc4)c2[nH]1)N(C(=O)c1cc2cc(OC)c(OC)c(OC)c2[nH]1)C[C@H]3CCl. The first-order valence-electron chi connectivity index (χ1n) is 32.4. The van der Waals surface area contributed by atoms with Crippen molar-refractivity contribution >= 4 is 110 Å². The van der Waals surface area contributed by atoms with Gasteiger partial charge in [0.1, 0.15) is 30.1 Å². The van der Waals surface area contributed by atoms with Crippen molar-refractivity contribution in [3.05, 3.63) is 83.2 Å². The van der Waals surface area contributed by atoms with E-state index >= 15 is 0 Å². The van der Waals surface area contributed by atoms with Gasteiger partial charge in [-0.1, -0.05) is 26.0 Å². The Kier molecular flexibility index (Phi) is 29.7. The maximum absolute atomic E-state index is 14.6. The van der Waals surface area contributed by atoms with Crippen molar-refractivity contribution in [2.75, 3.05) is 151 Å². The zero-order valence-corrected chi connectivity index (χ0v) is 58.3. The number of aromatic amines is 2. The number of carbonyl (C=O) groups is 11. The monoisotopic (exact) mass is 1430 g/mol. The van der Waals surface area contributed by atoms with Crippen molar-refractivity contribution in [3.63, 3.8) is 0 Å². The molecular weight excluding hydrogens is 1340 g/mol. The molecule has 101 heavy (non-hydrogen) atoms. The number of primary amides is 1. The van der Waals surface area contributed by atoms with Crippen molar-refractivity contribution in [2.45, 2.75) is 64.1 Å². The normalized spacial score (nSPS) is 13.7. The van der Waals surface area contributed by atoms with Gasteiger partial charge in [-0.25, -0.2) is 19.2 Å². The first kappa shape index (κ1) is 78.1. The molecule has 2 aliphatic rings. The van der Waals surface area contributed by atoms with E-state index in [2.05, 4.69) is 36.6 Å². The van der Waals surface area contributed by atoms with E-state index in [0.29, 0.717) is 62.6 Å². The Morgan fingerprint density at radius 1 is 0.683 bits per heavy atom. The molecule has 33 nitrogen and oxygen atoms in total. The highest BCUT2D eigenvalue weighted by molar-refractivity contribution is 6.20. The fraction of sp³-hybridized carbons (Fsp3) is 0.478. The van der Waals surface area contributed by atoms with Gasteiger partial charge < -0.3 is 104 Å². The number of imide groups is 1. The average Bonchev–Trinajstić information content (AvgIpc) is 1.58. The molecule has 4 heterocycles. The third kappa shape index (κ3) is 21.6. The number of H-pyrrole nitrogens is 2. The number of aromatic nitrogens is 2. The molecule has 9 N–H and O–H groups in total. The fourth-order valence-corrected chi connectivity index (χ4v) is 11.0. The van der Waals surface area contributed by atoms with Crippen LogP contribution in [-0.4, -0.2) is 243 Å². The Hall–Kier alpha value is -10.2. The van der Waals surface area contributed by atoms with E-state index in [-0.39, 0.29) is 152 Å². The van der Waals surface area contributed by atoms with Crippen LogP contribution in [-0.2, 0) is 63.8 Å². The van der Waals surface area contributed by atoms with Crippen LogP contribution < -0.4 is 56.2 Å². The van der Waals surface area contributed by atoms with E-state index < -0.39 is 83.5 Å². The Labute approximate surface area is 586 Å². The summed E-state index contributed by atoms with van der Waals surface area (Å²) in [7, 11) is 8.58. The second-order valence-corrected chi connectivity index (χ2v) is 23.8. The summed E-state index contributed by atoms with van der Waals surface area (Å²) < 4.78 is 55.3. The van der Waals surface area contributed by atoms with E-state index in [1.807, 2.05) is 0 Å². The van der Waals surface area contributed by atoms with Crippen LogP contribution in [0.25, 0.3) is 21.8 Å². The third-order valence-corrected chi connectivity index (χ3v) is 16.5. The van der Waals surface area contributed by atoms with E-state index in [0.717, 1.165) is 17.1 Å². The number of nitrogens with two attached hydrogens (primary N) is 1. The van der Waals surface area contributed by atoms with Gasteiger partial charge in [-0.05, 0) is 60.2 Å². The molecule has 0 saturated carbocycles. The maximum atomic E-state index is 14.6. The van der Waals surface area contributed by atoms with Crippen LogP contribution >= 0.6 is 11.6 Å². The molecule has 2 aromatic heterocycles. The molecule has 0 radical (unpaired) electrons. The minimum absolute atomic E-state index is 0.00158. The van der Waals surface area contributed by atoms with Gasteiger partial charge in [0.05, 0.1) is 98.0 Å². The van der Waals surface area contributed by atoms with Crippen molar-refractivity contribution in [1.82, 2.24) is 45.9 Å². The quantitative estimate of drug-likeness (QED) is 0.0119. The molecule has 3 atom stereocenters. The number of nitrogens with zero attached hydrogens (tertiary/aromatic N) is 4. The predicted octanol–water partition coefficient (Wildman–Crippen LogP) is 4.04. The number of urea groups is 1. The number of carbonyl (C=O) groups excluding carboxylic acids is 11. The van der Waals surface area contributed by atoms with Crippen molar-refractivity contribution < 1.29 is 100 Å². The topological polar surface area (TPSA) is 411 Å². The van der Waals surface area contributed by atoms with Gasteiger partial charge in [-0.3, -0.25) is 38.5 Å². The van der Waals surface area contributed by atoms with Crippen LogP contribution in [0.4, 0.5) is 25.8 Å². The Morgan fingerprint density at radius 3 is 1.93 bits per heavy atom. The lowest BCUT2D eigenvalue weighted by atomic mass is 9.98. The van der Waals surface area contributed by atoms with Crippen LogP contribution in [0.2, 0.25) is 0 Å². The highest BCUT2D eigenvalue weighted by Gasteiger charge is 2.38. The summed E-state index contributed by atoms with van der Waals surface area (Å²) in [6.07, 6.45) is 1.000. The number of benzene rings is 3. The molecule has 7 rings (SSSR count). The standard InChI is InChI=1S/C67H87ClN12O21/c1-39(2)56(76-52(82)18-24-96-26-28-98-30-31-99-29-27-97-25-20-70-51(81)17-21-79-53(83)15-16-54(79)84)62(86)75-45(10-9-19-71-65(69)89)61(85)72-43-13-11-40(12-14-43)38-100-66(90)77(3)22-23-78(4)67(91)101-49-35-48-55(44-34-47(64(88)95-8)74-58(44)49)42(36-68)37-80(48)63(87)46-32-41-33-50(92-5)59(93-6)60(94-7)57(41)73-46/h11-16,32-35,39,42,45,56,73-74H,9-10,17-31,36-38H2,1-8H3,(H,70,81)(H,72,85)(H,75,86)(H,76,82)(H3,69,71,89)/t42-,45+,56+/m1/s1. The lowest BCUT2D eigenvalue weighted by Crippen LogP contribution is -2.54. The van der Waals surface area contributed by atoms with Crippen LogP contribution in [0.5, 0.6) is 23.0 Å². The predicted molar refractivity (Wildman–Crippen MR) is 366 cm³/mol. The van der Waals surface area contributed by atoms with Gasteiger partial charge in [0, 0.05) is 113 Å². The Balaban J connectivity index is 0.833. The van der Waals surface area contributed by atoms with E-state index in [1.54, 1.807) is 56.3 Å². The summed E-state index contributed by atoms with van der Waals surface area (Å²) in [6.45, 7) is 5.59. The van der Waals surface area contributed by atoms with Gasteiger partial charge >= 0.3 is 24.2 Å². The van der Waals surface area contributed by atoms with Gasteiger partial charge in [0.15, 0.2) is 17.2 Å². The number of fused-ring (bicyclic) bond motifs is 4. The highest BCUT2D eigenvalue weighted by Crippen LogP contribution is 2.48. The fourth-order valence-electron chi connectivity index (χ4n) is 10.8. The zero-order valence-electron chi connectivity index (χ0n) is 57.5. The second kappa shape index (κ2) is 38.4. The van der Waals surface area contributed by atoms with Crippen LogP contribution in [0.15, 0.2) is 60.7 Å². The molecule has 0 aliphatic carbocycles. The van der Waals surface area contributed by atoms with E-state index in [4.69, 9.17) is 64.7 Å². The Morgan fingerprint density at radius 2 is 1.32 bits per heavy atom. The number of halogens is 1. The lowest BCUT2D eigenvalue weighted by molar-refractivity contribution is -0.137. The molecule has 0 fully saturated rings. The number of methoxy groups -OCH3 is 4. The van der Waals surface area contributed by atoms with Gasteiger partial charge in [-0.15, -0.1) is 11.6 Å². The number of likely N-dealkylation sites (N-methyl/N-ethyl adjacent to an activating group) is 2. The van der Waals surface area contributed by atoms with E-state index in [1.165, 1.54) is 63.3 Å². The largest absolute Gasteiger partial charge is 0.493 e. The molecule has 5 aromatic rings. The second-order valence-electron chi connectivity index (χ2n) is 23.5. The molecule has 2 aliphatic heterocycles. The maximum Gasteiger partial charge on any atom is 0.415 e. The molecule has 548 valence electrons. The summed E-state index contributed by atoms with van der Waals surface area (Å²) >= 11 is 6.57. The van der Waals surface area contributed by atoms with Gasteiger partial charge in [0.25, 0.3) is 17.7 Å². The number of rotatable bonds is 40. The van der Waals surface area contributed by atoms with Crippen LogP contribution in [0.3, 0.4) is 0 Å². The average molecular weight is 1430 g/mol. The third-order valence-electron chi connectivity index (χ3n) is 16.2. The van der Waals surface area contributed by atoms with Crippen molar-refractivity contribution in [1.29, 1.82) is 0 Å². The summed E-state index contributed by atoms with van der Waals surface area (Å²) in [6, 6.07) is 9.91. The number of hydrogen-bond acceptors (Lipinski definition) is 21. The van der Waals surface area contributed by atoms with Gasteiger partial charge in [-0.2, -0.15) is 0 Å². The van der Waals surface area contributed by atoms with Crippen LogP contribution in [0.1, 0.15) is 77.6 Å². The number of esters is 1. The zero-order chi connectivity index (χ0) is 73.3. The summed E-state index contributed by atoms with van der Waals surface area (Å²) in [5, 5.41) is 14.4. The number of ether oxygens (including phenoxy) is 10. The first-order chi connectivity index (χ1) is 48.5. The molecule has 0 unspecified atom stereocenters. The molecular formula is C67H87ClN12O21. The minimum Gasteiger partial charge on any atom is -0.493 e. The number of nitrogens with one attached hydrogen (secondary N) is 7. The summed E-state index contributed by atoms with van der Waals surface area (Å²) in [5.74, 6) is -3.72.